The molecule has 1 fully saturated rings. The molecule has 24 heavy (non-hydrogen) atoms. The van der Waals surface area contributed by atoms with Crippen LogP contribution in [0.25, 0.3) is 0 Å². The van der Waals surface area contributed by atoms with E-state index in [4.69, 9.17) is 15.2 Å². The van der Waals surface area contributed by atoms with Crippen LogP contribution in [0, 0.1) is 0 Å². The highest BCUT2D eigenvalue weighted by Gasteiger charge is 2.34. The van der Waals surface area contributed by atoms with Gasteiger partial charge >= 0.3 is 0 Å². The van der Waals surface area contributed by atoms with Crippen LogP contribution in [-0.4, -0.2) is 40.5 Å². The van der Waals surface area contributed by atoms with Crippen molar-refractivity contribution in [2.45, 2.75) is 44.4 Å². The largest absolute Gasteiger partial charge is 0.467 e. The Balaban J connectivity index is 1.82. The Morgan fingerprint density at radius 3 is 2.46 bits per heavy atom. The van der Waals surface area contributed by atoms with Crippen molar-refractivity contribution in [3.05, 3.63) is 18.2 Å². The summed E-state index contributed by atoms with van der Waals surface area (Å²) in [6.45, 7) is 8.42. The van der Waals surface area contributed by atoms with Crippen molar-refractivity contribution in [2.75, 3.05) is 37.1 Å². The van der Waals surface area contributed by atoms with Crippen LogP contribution >= 0.6 is 0 Å². The van der Waals surface area contributed by atoms with Crippen LogP contribution in [-0.2, 0) is 4.74 Å². The van der Waals surface area contributed by atoms with Crippen molar-refractivity contribution >= 4 is 19.4 Å². The molecule has 0 atom stereocenters. The van der Waals surface area contributed by atoms with E-state index in [1.54, 1.807) is 12.1 Å². The quantitative estimate of drug-likeness (QED) is 0.343. The van der Waals surface area contributed by atoms with E-state index in [1.807, 2.05) is 11.0 Å². The third-order valence-corrected chi connectivity index (χ3v) is 5.84. The van der Waals surface area contributed by atoms with Gasteiger partial charge < -0.3 is 20.1 Å². The smallest absolute Gasteiger partial charge is 0.251 e. The van der Waals surface area contributed by atoms with Crippen molar-refractivity contribution in [3.8, 4) is 5.75 Å². The summed E-state index contributed by atoms with van der Waals surface area (Å²) in [4.78, 5) is 1.90. The molecule has 1 aromatic carbocycles. The minimum absolute atomic E-state index is 0.129. The number of nitrogen functional groups attached to an aromatic ring is 1. The Kier molecular flexibility index (Phi) is 6.09. The van der Waals surface area contributed by atoms with Gasteiger partial charge in [0.2, 0.25) is 0 Å². The second-order valence-corrected chi connectivity index (χ2v) is 13.2. The van der Waals surface area contributed by atoms with Crippen LogP contribution < -0.4 is 15.4 Å². The number of alkyl halides is 2. The Labute approximate surface area is 143 Å². The fraction of sp³-hybridized carbons (Fsp3) is 0.647. The Bertz CT molecular complexity index is 540. The number of hydrogen-bond donors (Lipinski definition) is 1. The molecule has 1 aliphatic heterocycles. The van der Waals surface area contributed by atoms with Gasteiger partial charge in [-0.05, 0) is 18.2 Å². The van der Waals surface area contributed by atoms with E-state index < -0.39 is 14.0 Å². The molecule has 0 unspecified atom stereocenters. The van der Waals surface area contributed by atoms with Gasteiger partial charge in [0.25, 0.3) is 5.92 Å². The molecule has 0 amide bonds. The molecule has 0 spiro atoms. The van der Waals surface area contributed by atoms with Crippen LogP contribution in [0.15, 0.2) is 18.2 Å². The van der Waals surface area contributed by atoms with Gasteiger partial charge in [-0.1, -0.05) is 19.6 Å². The summed E-state index contributed by atoms with van der Waals surface area (Å²) in [7, 11) is -1.09. The first-order chi connectivity index (χ1) is 11.2. The number of halogens is 2. The number of benzene rings is 1. The Morgan fingerprint density at radius 1 is 1.21 bits per heavy atom. The van der Waals surface area contributed by atoms with Crippen molar-refractivity contribution in [2.24, 2.45) is 0 Å². The van der Waals surface area contributed by atoms with E-state index in [1.165, 1.54) is 0 Å². The maximum atomic E-state index is 13.2. The fourth-order valence-corrected chi connectivity index (χ4v) is 3.29. The van der Waals surface area contributed by atoms with Crippen LogP contribution in [0.4, 0.5) is 20.2 Å². The standard InChI is InChI=1S/C17H28F2N2O2Si/c1-24(2,3)11-10-22-13-23-14-4-5-16(15(20)12-14)21-8-6-17(18,19)7-9-21/h4-5,12H,6-11,13,20H2,1-3H3. The van der Waals surface area contributed by atoms with Gasteiger partial charge in [-0.25, -0.2) is 8.78 Å². The molecule has 1 aliphatic rings. The zero-order valence-corrected chi connectivity index (χ0v) is 15.8. The topological polar surface area (TPSA) is 47.7 Å². The van der Waals surface area contributed by atoms with E-state index in [0.29, 0.717) is 31.1 Å². The number of piperidine rings is 1. The first-order valence-electron chi connectivity index (χ1n) is 8.39. The maximum Gasteiger partial charge on any atom is 0.251 e. The van der Waals surface area contributed by atoms with E-state index in [-0.39, 0.29) is 19.6 Å². The molecular weight excluding hydrogens is 330 g/mol. The van der Waals surface area contributed by atoms with Crippen molar-refractivity contribution in [3.63, 3.8) is 0 Å². The normalized spacial score (nSPS) is 17.8. The summed E-state index contributed by atoms with van der Waals surface area (Å²) in [5.74, 6) is -1.92. The predicted molar refractivity (Wildman–Crippen MR) is 96.8 cm³/mol. The molecule has 1 heterocycles. The first-order valence-corrected chi connectivity index (χ1v) is 12.1. The molecule has 0 bridgehead atoms. The number of nitrogens with zero attached hydrogens (tertiary/aromatic N) is 1. The number of anilines is 2. The van der Waals surface area contributed by atoms with Crippen LogP contribution in [0.3, 0.4) is 0 Å². The van der Waals surface area contributed by atoms with Crippen LogP contribution in [0.5, 0.6) is 5.75 Å². The highest BCUT2D eigenvalue weighted by Crippen LogP contribution is 2.34. The highest BCUT2D eigenvalue weighted by atomic mass is 28.3. The molecule has 2 N–H and O–H groups in total. The third kappa shape index (κ3) is 5.94. The zero-order valence-electron chi connectivity index (χ0n) is 14.8. The number of ether oxygens (including phenoxy) is 2. The molecule has 0 saturated carbocycles. The van der Waals surface area contributed by atoms with Crippen molar-refractivity contribution in [1.82, 2.24) is 0 Å². The first kappa shape index (κ1) is 19.0. The molecule has 1 aromatic rings. The number of hydrogen-bond acceptors (Lipinski definition) is 4. The van der Waals surface area contributed by atoms with Crippen LogP contribution in [0.2, 0.25) is 25.7 Å². The molecule has 7 heteroatoms. The lowest BCUT2D eigenvalue weighted by Gasteiger charge is -2.34. The van der Waals surface area contributed by atoms with Gasteiger partial charge in [-0.15, -0.1) is 0 Å². The molecular formula is C17H28F2N2O2Si. The Hall–Kier alpha value is -1.34. The minimum Gasteiger partial charge on any atom is -0.467 e. The summed E-state index contributed by atoms with van der Waals surface area (Å²) in [5, 5.41) is 0. The summed E-state index contributed by atoms with van der Waals surface area (Å²) in [5.41, 5.74) is 7.39. The number of rotatable bonds is 7. The van der Waals surface area contributed by atoms with Crippen LogP contribution in [0.1, 0.15) is 12.8 Å². The molecule has 4 nitrogen and oxygen atoms in total. The second kappa shape index (κ2) is 7.69. The van der Waals surface area contributed by atoms with Gasteiger partial charge in [0.15, 0.2) is 6.79 Å². The highest BCUT2D eigenvalue weighted by molar-refractivity contribution is 6.76. The lowest BCUT2D eigenvalue weighted by molar-refractivity contribution is -0.0220. The van der Waals surface area contributed by atoms with Crippen molar-refractivity contribution in [1.29, 1.82) is 0 Å². The molecule has 0 aromatic heterocycles. The average molecular weight is 359 g/mol. The zero-order chi connectivity index (χ0) is 17.8. The molecule has 1 saturated heterocycles. The summed E-state index contributed by atoms with van der Waals surface area (Å²) in [6.07, 6.45) is -0.259. The van der Waals surface area contributed by atoms with E-state index in [9.17, 15) is 8.78 Å². The van der Waals surface area contributed by atoms with Gasteiger partial charge in [-0.2, -0.15) is 0 Å². The average Bonchev–Trinajstić information content (AvgIpc) is 2.46. The maximum absolute atomic E-state index is 13.2. The molecule has 136 valence electrons. The fourth-order valence-electron chi connectivity index (χ4n) is 2.53. The molecule has 0 radical (unpaired) electrons. The van der Waals surface area contributed by atoms with E-state index in [2.05, 4.69) is 19.6 Å². The minimum atomic E-state index is -2.55. The lowest BCUT2D eigenvalue weighted by Crippen LogP contribution is -2.39. The monoisotopic (exact) mass is 358 g/mol. The summed E-state index contributed by atoms with van der Waals surface area (Å²) in [6, 6.07) is 6.46. The second-order valence-electron chi connectivity index (χ2n) is 7.54. The third-order valence-electron chi connectivity index (χ3n) is 4.14. The van der Waals surface area contributed by atoms with Gasteiger partial charge in [0.1, 0.15) is 5.75 Å². The van der Waals surface area contributed by atoms with E-state index >= 15 is 0 Å². The number of nitrogens with two attached hydrogens (primary N) is 1. The molecule has 2 rings (SSSR count). The summed E-state index contributed by atoms with van der Waals surface area (Å²) >= 11 is 0. The van der Waals surface area contributed by atoms with Gasteiger partial charge in [0.05, 0.1) is 11.4 Å². The van der Waals surface area contributed by atoms with Gasteiger partial charge in [0, 0.05) is 46.7 Å². The SMILES string of the molecule is C[Si](C)(C)CCOCOc1ccc(N2CCC(F)(F)CC2)c(N)c1. The molecule has 0 aliphatic carbocycles. The summed E-state index contributed by atoms with van der Waals surface area (Å²) < 4.78 is 37.5. The lowest BCUT2D eigenvalue weighted by atomic mass is 10.1. The van der Waals surface area contributed by atoms with E-state index in [0.717, 1.165) is 11.7 Å². The predicted octanol–water partition coefficient (Wildman–Crippen LogP) is 4.20. The van der Waals surface area contributed by atoms with Crippen molar-refractivity contribution < 1.29 is 18.3 Å². The van der Waals surface area contributed by atoms with Gasteiger partial charge in [-0.3, -0.25) is 0 Å². The Morgan fingerprint density at radius 2 is 1.88 bits per heavy atom.